The van der Waals surface area contributed by atoms with Crippen LogP contribution in [0.3, 0.4) is 0 Å². The van der Waals surface area contributed by atoms with E-state index in [1.807, 2.05) is 0 Å². The first kappa shape index (κ1) is 12.9. The lowest BCUT2D eigenvalue weighted by molar-refractivity contribution is -0.122. The average molecular weight is 238 g/mol. The molecule has 1 amide bonds. The summed E-state index contributed by atoms with van der Waals surface area (Å²) in [4.78, 5) is 11.9. The molecule has 2 fully saturated rings. The molecule has 98 valence electrons. The van der Waals surface area contributed by atoms with Crippen molar-refractivity contribution in [2.45, 2.75) is 51.9 Å². The van der Waals surface area contributed by atoms with Gasteiger partial charge in [0.1, 0.15) is 0 Å². The van der Waals surface area contributed by atoms with E-state index in [1.165, 1.54) is 25.7 Å². The minimum absolute atomic E-state index is 0.277. The molecule has 0 unspecified atom stereocenters. The summed E-state index contributed by atoms with van der Waals surface area (Å²) in [6, 6.07) is 0. The third-order valence-electron chi connectivity index (χ3n) is 4.33. The molecule has 17 heavy (non-hydrogen) atoms. The first-order chi connectivity index (χ1) is 8.24. The Balaban J connectivity index is 1.63. The molecule has 1 heterocycles. The van der Waals surface area contributed by atoms with Crippen LogP contribution in [0.5, 0.6) is 0 Å². The van der Waals surface area contributed by atoms with Crippen LogP contribution in [0.2, 0.25) is 0 Å². The van der Waals surface area contributed by atoms with Crippen LogP contribution in [0.1, 0.15) is 51.9 Å². The van der Waals surface area contributed by atoms with E-state index in [1.54, 1.807) is 0 Å². The van der Waals surface area contributed by atoms with Gasteiger partial charge in [0.25, 0.3) is 0 Å². The Morgan fingerprint density at radius 2 is 2.06 bits per heavy atom. The van der Waals surface area contributed by atoms with Crippen molar-refractivity contribution in [3.8, 4) is 0 Å². The van der Waals surface area contributed by atoms with Gasteiger partial charge in [0.05, 0.1) is 0 Å². The molecule has 3 nitrogen and oxygen atoms in total. The Kier molecular flexibility index (Phi) is 4.43. The Labute approximate surface area is 105 Å². The number of nitrogens with one attached hydrogen (secondary N) is 2. The van der Waals surface area contributed by atoms with Crippen molar-refractivity contribution in [1.29, 1.82) is 0 Å². The highest BCUT2D eigenvalue weighted by molar-refractivity contribution is 5.76. The van der Waals surface area contributed by atoms with Gasteiger partial charge in [-0.2, -0.15) is 0 Å². The number of rotatable bonds is 6. The van der Waals surface area contributed by atoms with Gasteiger partial charge in [0.2, 0.25) is 5.91 Å². The second kappa shape index (κ2) is 5.85. The third-order valence-corrected chi connectivity index (χ3v) is 4.33. The van der Waals surface area contributed by atoms with Crippen LogP contribution in [0, 0.1) is 11.3 Å². The summed E-state index contributed by atoms with van der Waals surface area (Å²) in [6.07, 6.45) is 8.21. The van der Waals surface area contributed by atoms with Crippen molar-refractivity contribution >= 4 is 5.91 Å². The molecule has 1 saturated carbocycles. The van der Waals surface area contributed by atoms with E-state index < -0.39 is 0 Å². The lowest BCUT2D eigenvalue weighted by Gasteiger charge is -2.22. The van der Waals surface area contributed by atoms with E-state index in [-0.39, 0.29) is 5.91 Å². The van der Waals surface area contributed by atoms with Crippen molar-refractivity contribution in [2.75, 3.05) is 19.6 Å². The van der Waals surface area contributed by atoms with Gasteiger partial charge in [-0.3, -0.25) is 4.79 Å². The van der Waals surface area contributed by atoms with Crippen molar-refractivity contribution in [3.63, 3.8) is 0 Å². The van der Waals surface area contributed by atoms with Gasteiger partial charge in [0.15, 0.2) is 0 Å². The van der Waals surface area contributed by atoms with E-state index in [0.717, 1.165) is 38.9 Å². The molecule has 3 heteroatoms. The normalized spacial score (nSPS) is 23.4. The first-order valence-electron chi connectivity index (χ1n) is 7.21. The number of piperidine rings is 1. The third kappa shape index (κ3) is 3.98. The summed E-state index contributed by atoms with van der Waals surface area (Å²) in [5, 5.41) is 6.50. The Morgan fingerprint density at radius 1 is 1.35 bits per heavy atom. The number of hydrogen-bond acceptors (Lipinski definition) is 2. The molecule has 1 aliphatic heterocycles. The van der Waals surface area contributed by atoms with Crippen LogP contribution in [0.25, 0.3) is 0 Å². The zero-order valence-corrected chi connectivity index (χ0v) is 11.1. The zero-order valence-electron chi connectivity index (χ0n) is 11.1. The number of hydrogen-bond donors (Lipinski definition) is 2. The minimum atomic E-state index is 0.277. The maximum absolute atomic E-state index is 11.9. The van der Waals surface area contributed by atoms with Crippen LogP contribution in [0.15, 0.2) is 0 Å². The minimum Gasteiger partial charge on any atom is -0.356 e. The second-order valence-electron chi connectivity index (χ2n) is 5.92. The molecule has 2 aliphatic rings. The molecular formula is C14H26N2O. The fourth-order valence-electron chi connectivity index (χ4n) is 2.93. The molecule has 2 N–H and O–H groups in total. The van der Waals surface area contributed by atoms with E-state index in [9.17, 15) is 4.79 Å². The van der Waals surface area contributed by atoms with Gasteiger partial charge in [-0.15, -0.1) is 0 Å². The van der Waals surface area contributed by atoms with Gasteiger partial charge in [-0.25, -0.2) is 0 Å². The summed E-state index contributed by atoms with van der Waals surface area (Å²) in [7, 11) is 0. The summed E-state index contributed by atoms with van der Waals surface area (Å²) in [5.41, 5.74) is 0.485. The van der Waals surface area contributed by atoms with Crippen LogP contribution in [-0.2, 0) is 4.79 Å². The fraction of sp³-hybridized carbons (Fsp3) is 0.929. The lowest BCUT2D eigenvalue weighted by Crippen LogP contribution is -2.34. The fourth-order valence-corrected chi connectivity index (χ4v) is 2.93. The van der Waals surface area contributed by atoms with Crippen molar-refractivity contribution in [3.05, 3.63) is 0 Å². The maximum Gasteiger partial charge on any atom is 0.220 e. The molecule has 1 saturated heterocycles. The molecule has 0 bridgehead atoms. The highest BCUT2D eigenvalue weighted by Crippen LogP contribution is 2.48. The predicted octanol–water partition coefficient (Wildman–Crippen LogP) is 2.07. The van der Waals surface area contributed by atoms with Crippen molar-refractivity contribution in [2.24, 2.45) is 11.3 Å². The van der Waals surface area contributed by atoms with Gasteiger partial charge in [-0.05, 0) is 56.5 Å². The molecule has 0 atom stereocenters. The highest BCUT2D eigenvalue weighted by Gasteiger charge is 2.41. The van der Waals surface area contributed by atoms with Crippen molar-refractivity contribution < 1.29 is 4.79 Å². The highest BCUT2D eigenvalue weighted by atomic mass is 16.1. The summed E-state index contributed by atoms with van der Waals surface area (Å²) in [5.74, 6) is 0.886. The largest absolute Gasteiger partial charge is 0.356 e. The van der Waals surface area contributed by atoms with E-state index in [4.69, 9.17) is 0 Å². The van der Waals surface area contributed by atoms with E-state index >= 15 is 0 Å². The topological polar surface area (TPSA) is 41.1 Å². The standard InChI is InChI=1S/C14H26N2O/c1-2-5-14(6-7-14)11-16-13(17)10-12-3-8-15-9-4-12/h12,15H,2-11H2,1H3,(H,16,17). The van der Waals surface area contributed by atoms with Crippen molar-refractivity contribution in [1.82, 2.24) is 10.6 Å². The molecule has 1 aliphatic carbocycles. The van der Waals surface area contributed by atoms with Crippen LogP contribution >= 0.6 is 0 Å². The smallest absolute Gasteiger partial charge is 0.220 e. The summed E-state index contributed by atoms with van der Waals surface area (Å²) >= 11 is 0. The summed E-state index contributed by atoms with van der Waals surface area (Å²) < 4.78 is 0. The monoisotopic (exact) mass is 238 g/mol. The number of carbonyl (C=O) groups is 1. The maximum atomic E-state index is 11.9. The molecule has 0 aromatic carbocycles. The van der Waals surface area contributed by atoms with Gasteiger partial charge in [-0.1, -0.05) is 13.3 Å². The Bertz CT molecular complexity index is 255. The Hall–Kier alpha value is -0.570. The first-order valence-corrected chi connectivity index (χ1v) is 7.21. The van der Waals surface area contributed by atoms with Crippen LogP contribution in [0.4, 0.5) is 0 Å². The zero-order chi connectivity index (χ0) is 12.1. The van der Waals surface area contributed by atoms with Gasteiger partial charge >= 0.3 is 0 Å². The molecule has 0 aromatic rings. The molecule has 2 rings (SSSR count). The molecule has 0 aromatic heterocycles. The van der Waals surface area contributed by atoms with Crippen LogP contribution < -0.4 is 10.6 Å². The van der Waals surface area contributed by atoms with E-state index in [2.05, 4.69) is 17.6 Å². The second-order valence-corrected chi connectivity index (χ2v) is 5.92. The number of amides is 1. The average Bonchev–Trinajstić information content (AvgIpc) is 3.09. The van der Waals surface area contributed by atoms with Gasteiger partial charge in [0, 0.05) is 13.0 Å². The molecule has 0 spiro atoms. The Morgan fingerprint density at radius 3 is 2.65 bits per heavy atom. The van der Waals surface area contributed by atoms with Crippen LogP contribution in [-0.4, -0.2) is 25.5 Å². The SMILES string of the molecule is CCCC1(CNC(=O)CC2CCNCC2)CC1. The number of carbonyl (C=O) groups excluding carboxylic acids is 1. The predicted molar refractivity (Wildman–Crippen MR) is 69.8 cm³/mol. The molecular weight excluding hydrogens is 212 g/mol. The van der Waals surface area contributed by atoms with Gasteiger partial charge < -0.3 is 10.6 Å². The molecule has 0 radical (unpaired) electrons. The van der Waals surface area contributed by atoms with E-state index in [0.29, 0.717) is 11.3 Å². The quantitative estimate of drug-likeness (QED) is 0.744. The lowest BCUT2D eigenvalue weighted by atomic mass is 9.94. The summed E-state index contributed by atoms with van der Waals surface area (Å²) in [6.45, 7) is 5.32.